The third-order valence-electron chi connectivity index (χ3n) is 3.90. The van der Waals surface area contributed by atoms with Gasteiger partial charge in [0.2, 0.25) is 5.91 Å². The summed E-state index contributed by atoms with van der Waals surface area (Å²) in [5, 5.41) is 2.99. The smallest absolute Gasteiger partial charge is 0.227 e. The molecular weight excluding hydrogens is 255 g/mol. The van der Waals surface area contributed by atoms with Crippen LogP contribution in [0.25, 0.3) is 0 Å². The molecule has 0 heterocycles. The Morgan fingerprint density at radius 2 is 1.85 bits per heavy atom. The molecule has 1 aromatic carbocycles. The molecule has 0 saturated heterocycles. The van der Waals surface area contributed by atoms with Crippen molar-refractivity contribution in [1.29, 1.82) is 0 Å². The van der Waals surface area contributed by atoms with E-state index in [0.717, 1.165) is 5.56 Å². The summed E-state index contributed by atoms with van der Waals surface area (Å²) in [6.45, 7) is 6.69. The number of hydrogen-bond donors (Lipinski definition) is 1. The molecule has 1 aromatic rings. The van der Waals surface area contributed by atoms with Gasteiger partial charge in [-0.05, 0) is 52.1 Å². The van der Waals surface area contributed by atoms with Crippen molar-refractivity contribution in [1.82, 2.24) is 10.2 Å². The Morgan fingerprint density at radius 1 is 1.30 bits per heavy atom. The highest BCUT2D eigenvalue weighted by atomic mass is 19.1. The lowest BCUT2D eigenvalue weighted by Gasteiger charge is -2.33. The topological polar surface area (TPSA) is 32.3 Å². The zero-order valence-corrected chi connectivity index (χ0v) is 13.0. The van der Waals surface area contributed by atoms with Gasteiger partial charge in [0.25, 0.3) is 0 Å². The third kappa shape index (κ3) is 4.30. The van der Waals surface area contributed by atoms with Gasteiger partial charge in [0, 0.05) is 12.1 Å². The predicted molar refractivity (Wildman–Crippen MR) is 80.2 cm³/mol. The molecule has 0 aliphatic rings. The highest BCUT2D eigenvalue weighted by Crippen LogP contribution is 2.20. The van der Waals surface area contributed by atoms with Crippen LogP contribution >= 0.6 is 0 Å². The summed E-state index contributed by atoms with van der Waals surface area (Å²) >= 11 is 0. The number of nitrogens with zero attached hydrogens (tertiary/aromatic N) is 1. The zero-order valence-electron chi connectivity index (χ0n) is 13.0. The van der Waals surface area contributed by atoms with E-state index in [9.17, 15) is 9.18 Å². The van der Waals surface area contributed by atoms with Crippen LogP contribution in [0, 0.1) is 5.82 Å². The van der Waals surface area contributed by atoms with Crippen molar-refractivity contribution in [3.63, 3.8) is 0 Å². The number of hydrogen-bond acceptors (Lipinski definition) is 2. The molecule has 1 rings (SSSR count). The minimum atomic E-state index is -0.280. The van der Waals surface area contributed by atoms with Crippen molar-refractivity contribution < 1.29 is 9.18 Å². The number of carbonyl (C=O) groups is 1. The quantitative estimate of drug-likeness (QED) is 0.869. The van der Waals surface area contributed by atoms with Crippen molar-refractivity contribution in [3.8, 4) is 0 Å². The summed E-state index contributed by atoms with van der Waals surface area (Å²) in [5.41, 5.74) is 0.755. The minimum absolute atomic E-state index is 0.00552. The van der Waals surface area contributed by atoms with E-state index < -0.39 is 0 Å². The Bertz CT molecular complexity index is 440. The van der Waals surface area contributed by atoms with E-state index in [1.807, 2.05) is 21.0 Å². The van der Waals surface area contributed by atoms with Gasteiger partial charge in [-0.25, -0.2) is 4.39 Å². The number of carbonyl (C=O) groups excluding carboxylic acids is 1. The van der Waals surface area contributed by atoms with E-state index in [4.69, 9.17) is 0 Å². The SMILES string of the molecule is CCC(C(=O)NCC(C)(C)N(C)C)c1ccc(F)cc1. The zero-order chi connectivity index (χ0) is 15.3. The lowest BCUT2D eigenvalue weighted by molar-refractivity contribution is -0.123. The van der Waals surface area contributed by atoms with Crippen LogP contribution in [0.3, 0.4) is 0 Å². The van der Waals surface area contributed by atoms with Crippen LogP contribution in [0.5, 0.6) is 0 Å². The van der Waals surface area contributed by atoms with Crippen LogP contribution < -0.4 is 5.32 Å². The monoisotopic (exact) mass is 280 g/mol. The van der Waals surface area contributed by atoms with Gasteiger partial charge in [0.05, 0.1) is 5.92 Å². The molecule has 0 bridgehead atoms. The van der Waals surface area contributed by atoms with Crippen molar-refractivity contribution in [2.24, 2.45) is 0 Å². The number of benzene rings is 1. The molecule has 1 N–H and O–H groups in total. The van der Waals surface area contributed by atoms with Gasteiger partial charge >= 0.3 is 0 Å². The first-order chi connectivity index (χ1) is 9.27. The maximum absolute atomic E-state index is 12.9. The molecule has 0 radical (unpaired) electrons. The Kier molecular flexibility index (Phi) is 5.69. The third-order valence-corrected chi connectivity index (χ3v) is 3.90. The Hall–Kier alpha value is -1.42. The average Bonchev–Trinajstić information content (AvgIpc) is 2.39. The van der Waals surface area contributed by atoms with E-state index in [1.165, 1.54) is 12.1 Å². The van der Waals surface area contributed by atoms with Gasteiger partial charge in [-0.2, -0.15) is 0 Å². The predicted octanol–water partition coefficient (Wildman–Crippen LogP) is 2.78. The van der Waals surface area contributed by atoms with Gasteiger partial charge in [0.1, 0.15) is 5.82 Å². The highest BCUT2D eigenvalue weighted by molar-refractivity contribution is 5.83. The molecule has 0 fully saturated rings. The highest BCUT2D eigenvalue weighted by Gasteiger charge is 2.24. The first kappa shape index (κ1) is 16.6. The first-order valence-corrected chi connectivity index (χ1v) is 6.98. The molecule has 0 aliphatic carbocycles. The number of amides is 1. The summed E-state index contributed by atoms with van der Waals surface area (Å²) in [5.74, 6) is -0.514. The van der Waals surface area contributed by atoms with Gasteiger partial charge in [-0.15, -0.1) is 0 Å². The molecule has 0 aromatic heterocycles. The first-order valence-electron chi connectivity index (χ1n) is 6.98. The van der Waals surface area contributed by atoms with E-state index in [2.05, 4.69) is 24.1 Å². The van der Waals surface area contributed by atoms with E-state index >= 15 is 0 Å². The Balaban J connectivity index is 2.71. The largest absolute Gasteiger partial charge is 0.354 e. The van der Waals surface area contributed by atoms with Crippen LogP contribution in [-0.2, 0) is 4.79 Å². The van der Waals surface area contributed by atoms with Crippen molar-refractivity contribution in [2.75, 3.05) is 20.6 Å². The molecule has 1 amide bonds. The van der Waals surface area contributed by atoms with Crippen LogP contribution in [0.4, 0.5) is 4.39 Å². The summed E-state index contributed by atoms with van der Waals surface area (Å²) in [7, 11) is 3.98. The lowest BCUT2D eigenvalue weighted by Crippen LogP contribution is -2.49. The lowest BCUT2D eigenvalue weighted by atomic mass is 9.95. The molecule has 112 valence electrons. The van der Waals surface area contributed by atoms with Crippen LogP contribution in [0.15, 0.2) is 24.3 Å². The summed E-state index contributed by atoms with van der Waals surface area (Å²) < 4.78 is 12.9. The molecule has 1 atom stereocenters. The normalized spacial score (nSPS) is 13.3. The summed E-state index contributed by atoms with van der Waals surface area (Å²) in [6, 6.07) is 6.16. The maximum Gasteiger partial charge on any atom is 0.227 e. The van der Waals surface area contributed by atoms with E-state index in [-0.39, 0.29) is 23.2 Å². The summed E-state index contributed by atoms with van der Waals surface area (Å²) in [6.07, 6.45) is 0.694. The van der Waals surface area contributed by atoms with Gasteiger partial charge in [-0.3, -0.25) is 4.79 Å². The van der Waals surface area contributed by atoms with Crippen molar-refractivity contribution >= 4 is 5.91 Å². The molecule has 20 heavy (non-hydrogen) atoms. The fraction of sp³-hybridized carbons (Fsp3) is 0.562. The fourth-order valence-electron chi connectivity index (χ4n) is 1.85. The van der Waals surface area contributed by atoms with E-state index in [0.29, 0.717) is 13.0 Å². The fourth-order valence-corrected chi connectivity index (χ4v) is 1.85. The Labute approximate surface area is 121 Å². The van der Waals surface area contributed by atoms with Crippen LogP contribution in [-0.4, -0.2) is 37.0 Å². The Morgan fingerprint density at radius 3 is 2.30 bits per heavy atom. The molecule has 0 aliphatic heterocycles. The molecule has 4 heteroatoms. The van der Waals surface area contributed by atoms with Crippen LogP contribution in [0.2, 0.25) is 0 Å². The number of rotatable bonds is 6. The van der Waals surface area contributed by atoms with Gasteiger partial charge in [0.15, 0.2) is 0 Å². The molecule has 3 nitrogen and oxygen atoms in total. The summed E-state index contributed by atoms with van der Waals surface area (Å²) in [4.78, 5) is 14.4. The van der Waals surface area contributed by atoms with Gasteiger partial charge < -0.3 is 10.2 Å². The molecule has 0 spiro atoms. The minimum Gasteiger partial charge on any atom is -0.354 e. The standard InChI is InChI=1S/C16H25FN2O/c1-6-14(12-7-9-13(17)10-8-12)15(20)18-11-16(2,3)19(4)5/h7-10,14H,6,11H2,1-5H3,(H,18,20). The molecule has 1 unspecified atom stereocenters. The second kappa shape index (κ2) is 6.84. The van der Waals surface area contributed by atoms with Crippen molar-refractivity contribution in [2.45, 2.75) is 38.6 Å². The van der Waals surface area contributed by atoms with Crippen LogP contribution in [0.1, 0.15) is 38.7 Å². The van der Waals surface area contributed by atoms with Gasteiger partial charge in [-0.1, -0.05) is 19.1 Å². The molecular formula is C16H25FN2O. The number of likely N-dealkylation sites (N-methyl/N-ethyl adjacent to an activating group) is 1. The second-order valence-electron chi connectivity index (χ2n) is 5.94. The number of halogens is 1. The van der Waals surface area contributed by atoms with E-state index in [1.54, 1.807) is 12.1 Å². The maximum atomic E-state index is 12.9. The van der Waals surface area contributed by atoms with Crippen molar-refractivity contribution in [3.05, 3.63) is 35.6 Å². The second-order valence-corrected chi connectivity index (χ2v) is 5.94. The molecule has 0 saturated carbocycles. The number of nitrogens with one attached hydrogen (secondary N) is 1. The average molecular weight is 280 g/mol.